The number of nitrogens with zero attached hydrogens (tertiary/aromatic N) is 2. The Balaban J connectivity index is 2.30. The molecule has 4 nitrogen and oxygen atoms in total. The van der Waals surface area contributed by atoms with E-state index in [1.807, 2.05) is 44.2 Å². The van der Waals surface area contributed by atoms with Crippen LogP contribution in [0.5, 0.6) is 11.5 Å². The zero-order chi connectivity index (χ0) is 14.5. The van der Waals surface area contributed by atoms with Gasteiger partial charge in [0.25, 0.3) is 0 Å². The number of ether oxygens (including phenoxy) is 2. The second-order valence-corrected chi connectivity index (χ2v) is 4.53. The molecule has 0 radical (unpaired) electrons. The van der Waals surface area contributed by atoms with Crippen LogP contribution in [-0.4, -0.2) is 14.2 Å². The summed E-state index contributed by atoms with van der Waals surface area (Å²) in [6, 6.07) is 11.4. The third-order valence-corrected chi connectivity index (χ3v) is 2.95. The molecule has 0 atom stereocenters. The minimum Gasteiger partial charge on any atom is -0.497 e. The second kappa shape index (κ2) is 6.19. The highest BCUT2D eigenvalue weighted by molar-refractivity contribution is 5.57. The number of rotatable bonds is 4. The van der Waals surface area contributed by atoms with Crippen molar-refractivity contribution in [2.75, 3.05) is 14.2 Å². The van der Waals surface area contributed by atoms with Gasteiger partial charge in [-0.05, 0) is 55.3 Å². The average molecular weight is 270 g/mol. The molecule has 0 saturated carbocycles. The first-order valence-corrected chi connectivity index (χ1v) is 6.35. The minimum atomic E-state index is 0.737. The number of hydrogen-bond donors (Lipinski definition) is 0. The van der Waals surface area contributed by atoms with Crippen molar-refractivity contribution in [1.82, 2.24) is 0 Å². The number of benzene rings is 2. The molecule has 0 fully saturated rings. The molecule has 104 valence electrons. The summed E-state index contributed by atoms with van der Waals surface area (Å²) < 4.78 is 10.5. The Morgan fingerprint density at radius 2 is 1.55 bits per heavy atom. The molecule has 0 aliphatic heterocycles. The van der Waals surface area contributed by atoms with Crippen molar-refractivity contribution in [3.8, 4) is 11.5 Å². The Morgan fingerprint density at radius 1 is 0.850 bits per heavy atom. The van der Waals surface area contributed by atoms with E-state index < -0.39 is 0 Å². The van der Waals surface area contributed by atoms with E-state index in [0.717, 1.165) is 34.0 Å². The predicted molar refractivity (Wildman–Crippen MR) is 79.6 cm³/mol. The number of hydrogen-bond acceptors (Lipinski definition) is 4. The molecule has 0 N–H and O–H groups in total. The lowest BCUT2D eigenvalue weighted by Crippen LogP contribution is -1.88. The summed E-state index contributed by atoms with van der Waals surface area (Å²) in [5.41, 5.74) is 3.69. The minimum absolute atomic E-state index is 0.737. The first-order chi connectivity index (χ1) is 9.63. The van der Waals surface area contributed by atoms with E-state index in [2.05, 4.69) is 16.3 Å². The smallest absolute Gasteiger partial charge is 0.149 e. The van der Waals surface area contributed by atoms with Crippen LogP contribution in [0.3, 0.4) is 0 Å². The molecular weight excluding hydrogens is 252 g/mol. The van der Waals surface area contributed by atoms with Crippen molar-refractivity contribution < 1.29 is 9.47 Å². The predicted octanol–water partition coefficient (Wildman–Crippen LogP) is 4.74. The van der Waals surface area contributed by atoms with Crippen molar-refractivity contribution >= 4 is 11.4 Å². The van der Waals surface area contributed by atoms with E-state index in [1.54, 1.807) is 14.2 Å². The normalized spacial score (nSPS) is 10.8. The third kappa shape index (κ3) is 3.15. The Kier molecular flexibility index (Phi) is 4.35. The van der Waals surface area contributed by atoms with Crippen molar-refractivity contribution in [1.29, 1.82) is 0 Å². The topological polar surface area (TPSA) is 43.2 Å². The van der Waals surface area contributed by atoms with Gasteiger partial charge in [0.2, 0.25) is 0 Å². The van der Waals surface area contributed by atoms with Gasteiger partial charge in [0.1, 0.15) is 17.2 Å². The summed E-state index contributed by atoms with van der Waals surface area (Å²) in [5.74, 6) is 1.56. The summed E-state index contributed by atoms with van der Waals surface area (Å²) in [6.45, 7) is 4.02. The van der Waals surface area contributed by atoms with Crippen molar-refractivity contribution in [2.45, 2.75) is 13.8 Å². The van der Waals surface area contributed by atoms with Gasteiger partial charge in [-0.2, -0.15) is 5.11 Å². The van der Waals surface area contributed by atoms with Crippen LogP contribution in [0.25, 0.3) is 0 Å². The summed E-state index contributed by atoms with van der Waals surface area (Å²) >= 11 is 0. The Hall–Kier alpha value is -2.36. The van der Waals surface area contributed by atoms with E-state index >= 15 is 0 Å². The summed E-state index contributed by atoms with van der Waals surface area (Å²) in [4.78, 5) is 0. The third-order valence-electron chi connectivity index (χ3n) is 2.95. The van der Waals surface area contributed by atoms with Crippen LogP contribution in [0.4, 0.5) is 11.4 Å². The van der Waals surface area contributed by atoms with Crippen LogP contribution in [0, 0.1) is 13.8 Å². The van der Waals surface area contributed by atoms with Gasteiger partial charge in [-0.1, -0.05) is 6.07 Å². The molecule has 2 rings (SSSR count). The summed E-state index contributed by atoms with van der Waals surface area (Å²) in [7, 11) is 3.28. The van der Waals surface area contributed by atoms with Gasteiger partial charge in [-0.3, -0.25) is 0 Å². The lowest BCUT2D eigenvalue weighted by Gasteiger charge is -2.08. The number of aryl methyl sites for hydroxylation is 2. The van der Waals surface area contributed by atoms with Crippen LogP contribution in [0.1, 0.15) is 11.1 Å². The summed E-state index contributed by atoms with van der Waals surface area (Å²) in [6.07, 6.45) is 0. The Morgan fingerprint density at radius 3 is 2.15 bits per heavy atom. The van der Waals surface area contributed by atoms with Gasteiger partial charge < -0.3 is 9.47 Å². The molecule has 0 aliphatic rings. The molecule has 2 aromatic rings. The molecule has 0 heterocycles. The highest BCUT2D eigenvalue weighted by atomic mass is 16.5. The van der Waals surface area contributed by atoms with E-state index in [9.17, 15) is 0 Å². The van der Waals surface area contributed by atoms with Gasteiger partial charge in [0, 0.05) is 0 Å². The van der Waals surface area contributed by atoms with E-state index in [0.29, 0.717) is 0 Å². The van der Waals surface area contributed by atoms with Crippen LogP contribution in [0.2, 0.25) is 0 Å². The second-order valence-electron chi connectivity index (χ2n) is 4.53. The van der Waals surface area contributed by atoms with Gasteiger partial charge in [0.15, 0.2) is 0 Å². The molecule has 0 unspecified atom stereocenters. The fourth-order valence-electron chi connectivity index (χ4n) is 2.03. The van der Waals surface area contributed by atoms with E-state index in [-0.39, 0.29) is 0 Å². The van der Waals surface area contributed by atoms with Crippen LogP contribution in [-0.2, 0) is 0 Å². The maximum absolute atomic E-state index is 5.38. The van der Waals surface area contributed by atoms with Gasteiger partial charge in [-0.15, -0.1) is 5.11 Å². The summed E-state index contributed by atoms with van der Waals surface area (Å²) in [5, 5.41) is 8.52. The zero-order valence-corrected chi connectivity index (χ0v) is 12.2. The fourth-order valence-corrected chi connectivity index (χ4v) is 2.03. The van der Waals surface area contributed by atoms with Crippen molar-refractivity contribution in [3.05, 3.63) is 47.5 Å². The Bertz CT molecular complexity index is 619. The number of azo groups is 1. The van der Waals surface area contributed by atoms with Crippen LogP contribution in [0.15, 0.2) is 46.6 Å². The van der Waals surface area contributed by atoms with Crippen molar-refractivity contribution in [2.24, 2.45) is 10.2 Å². The van der Waals surface area contributed by atoms with E-state index in [4.69, 9.17) is 9.47 Å². The molecule has 2 aromatic carbocycles. The molecule has 0 spiro atoms. The molecule has 4 heteroatoms. The molecule has 0 aliphatic carbocycles. The molecule has 0 amide bonds. The monoisotopic (exact) mass is 270 g/mol. The standard InChI is InChI=1S/C16H18N2O2/c1-11-9-12(2)16(20-4)15(10-11)18-17-13-5-7-14(19-3)8-6-13/h5-10H,1-4H3. The average Bonchev–Trinajstić information content (AvgIpc) is 2.45. The maximum Gasteiger partial charge on any atom is 0.149 e. The molecular formula is C16H18N2O2. The SMILES string of the molecule is COc1ccc(N=Nc2cc(C)cc(C)c2OC)cc1. The Labute approximate surface area is 119 Å². The highest BCUT2D eigenvalue weighted by Crippen LogP contribution is 2.33. The zero-order valence-electron chi connectivity index (χ0n) is 12.2. The highest BCUT2D eigenvalue weighted by Gasteiger charge is 2.06. The van der Waals surface area contributed by atoms with Crippen LogP contribution < -0.4 is 9.47 Å². The van der Waals surface area contributed by atoms with Gasteiger partial charge >= 0.3 is 0 Å². The number of methoxy groups -OCH3 is 2. The molecule has 0 bridgehead atoms. The lowest BCUT2D eigenvalue weighted by atomic mass is 10.1. The lowest BCUT2D eigenvalue weighted by molar-refractivity contribution is 0.412. The molecule has 0 aromatic heterocycles. The van der Waals surface area contributed by atoms with Crippen LogP contribution >= 0.6 is 0 Å². The first-order valence-electron chi connectivity index (χ1n) is 6.35. The fraction of sp³-hybridized carbons (Fsp3) is 0.250. The maximum atomic E-state index is 5.38. The van der Waals surface area contributed by atoms with E-state index in [1.165, 1.54) is 0 Å². The van der Waals surface area contributed by atoms with Gasteiger partial charge in [0.05, 0.1) is 19.9 Å². The largest absolute Gasteiger partial charge is 0.497 e. The van der Waals surface area contributed by atoms with Gasteiger partial charge in [-0.25, -0.2) is 0 Å². The van der Waals surface area contributed by atoms with Crippen molar-refractivity contribution in [3.63, 3.8) is 0 Å². The molecule has 0 saturated heterocycles. The first kappa shape index (κ1) is 14.1. The quantitative estimate of drug-likeness (QED) is 0.753. The molecule has 20 heavy (non-hydrogen) atoms.